The summed E-state index contributed by atoms with van der Waals surface area (Å²) in [4.78, 5) is 1.59. The van der Waals surface area contributed by atoms with Crippen LogP contribution in [0.3, 0.4) is 0 Å². The maximum Gasteiger partial charge on any atom is 0.258 e. The lowest BCUT2D eigenvalue weighted by atomic mass is 10.2. The molecule has 1 aromatic rings. The van der Waals surface area contributed by atoms with E-state index in [1.807, 2.05) is 6.07 Å². The van der Waals surface area contributed by atoms with E-state index in [0.717, 1.165) is 5.56 Å². The average Bonchev–Trinajstić information content (AvgIpc) is 2.16. The molecule has 0 amide bonds. The Kier molecular flexibility index (Phi) is 3.85. The molecule has 4 nitrogen and oxygen atoms in total. The molecule has 1 rings (SSSR count). The summed E-state index contributed by atoms with van der Waals surface area (Å²) >= 11 is 0. The van der Waals surface area contributed by atoms with Crippen molar-refractivity contribution in [3.63, 3.8) is 0 Å². The predicted octanol–water partition coefficient (Wildman–Crippen LogP) is 1.11. The fourth-order valence-electron chi connectivity index (χ4n) is 0.988. The minimum absolute atomic E-state index is 0.0574. The van der Waals surface area contributed by atoms with Gasteiger partial charge in [-0.25, -0.2) is 8.42 Å². The Morgan fingerprint density at radius 2 is 1.87 bits per heavy atom. The minimum Gasteiger partial charge on any atom is -0.368 e. The third kappa shape index (κ3) is 4.60. The maximum atomic E-state index is 11.5. The van der Waals surface area contributed by atoms with Crippen molar-refractivity contribution in [2.45, 2.75) is 5.75 Å². The van der Waals surface area contributed by atoms with Crippen LogP contribution in [0, 0.1) is 0 Å². The molecule has 5 heteroatoms. The molecule has 0 bridgehead atoms. The van der Waals surface area contributed by atoms with Crippen LogP contribution in [0.2, 0.25) is 0 Å². The van der Waals surface area contributed by atoms with Crippen LogP contribution in [-0.4, -0.2) is 33.8 Å². The van der Waals surface area contributed by atoms with Crippen molar-refractivity contribution < 1.29 is 8.42 Å². The van der Waals surface area contributed by atoms with Crippen molar-refractivity contribution in [3.05, 3.63) is 35.9 Å². The Hall–Kier alpha value is -1.36. The van der Waals surface area contributed by atoms with Gasteiger partial charge in [0.15, 0.2) is 0 Å². The van der Waals surface area contributed by atoms with Crippen molar-refractivity contribution in [1.82, 2.24) is 4.90 Å². The van der Waals surface area contributed by atoms with Crippen LogP contribution < -0.4 is 0 Å². The molecule has 0 spiro atoms. The van der Waals surface area contributed by atoms with Crippen molar-refractivity contribution >= 4 is 16.4 Å². The van der Waals surface area contributed by atoms with Gasteiger partial charge >= 0.3 is 0 Å². The second kappa shape index (κ2) is 4.93. The molecule has 0 radical (unpaired) electrons. The number of sulfonamides is 1. The lowest BCUT2D eigenvalue weighted by Gasteiger charge is -2.03. The monoisotopic (exact) mass is 226 g/mol. The van der Waals surface area contributed by atoms with E-state index in [0.29, 0.717) is 0 Å². The van der Waals surface area contributed by atoms with Crippen LogP contribution in [0.1, 0.15) is 5.56 Å². The number of benzene rings is 1. The number of rotatable bonds is 4. The van der Waals surface area contributed by atoms with Crippen molar-refractivity contribution in [3.8, 4) is 0 Å². The molecule has 0 saturated carbocycles. The normalized spacial score (nSPS) is 11.9. The largest absolute Gasteiger partial charge is 0.368 e. The summed E-state index contributed by atoms with van der Waals surface area (Å²) in [7, 11) is 0.0456. The van der Waals surface area contributed by atoms with E-state index in [1.165, 1.54) is 6.34 Å². The molecule has 0 aliphatic rings. The standard InChI is InChI=1S/C10H14N2O2S/c1-12(2)9-11-15(13,14)8-10-6-4-3-5-7-10/h3-7,9H,8H2,1-2H3. The van der Waals surface area contributed by atoms with E-state index >= 15 is 0 Å². The first-order valence-corrected chi connectivity index (χ1v) is 6.09. The molecule has 0 aromatic heterocycles. The highest BCUT2D eigenvalue weighted by molar-refractivity contribution is 7.89. The zero-order valence-electron chi connectivity index (χ0n) is 8.79. The molecule has 0 aliphatic carbocycles. The fourth-order valence-corrected chi connectivity index (χ4v) is 2.01. The van der Waals surface area contributed by atoms with E-state index in [-0.39, 0.29) is 5.75 Å². The number of hydrogen-bond donors (Lipinski definition) is 0. The lowest BCUT2D eigenvalue weighted by Crippen LogP contribution is -2.10. The van der Waals surface area contributed by atoms with Gasteiger partial charge in [0.05, 0.1) is 5.75 Å². The van der Waals surface area contributed by atoms with E-state index < -0.39 is 10.0 Å². The third-order valence-corrected chi connectivity index (χ3v) is 2.74. The van der Waals surface area contributed by atoms with Gasteiger partial charge in [0, 0.05) is 14.1 Å². The molecule has 0 unspecified atom stereocenters. The third-order valence-electron chi connectivity index (χ3n) is 1.63. The molecule has 0 atom stereocenters. The second-order valence-corrected chi connectivity index (χ2v) is 5.06. The molecule has 0 saturated heterocycles. The fraction of sp³-hybridized carbons (Fsp3) is 0.300. The first-order valence-electron chi connectivity index (χ1n) is 4.48. The van der Waals surface area contributed by atoms with Gasteiger partial charge in [0.1, 0.15) is 6.34 Å². The summed E-state index contributed by atoms with van der Waals surface area (Å²) < 4.78 is 26.5. The highest BCUT2D eigenvalue weighted by atomic mass is 32.2. The van der Waals surface area contributed by atoms with Gasteiger partial charge in [-0.15, -0.1) is 0 Å². The van der Waals surface area contributed by atoms with Crippen LogP contribution in [0.4, 0.5) is 0 Å². The van der Waals surface area contributed by atoms with Gasteiger partial charge in [0.25, 0.3) is 10.0 Å². The first-order chi connectivity index (χ1) is 6.99. The Labute approximate surface area is 90.3 Å². The first kappa shape index (κ1) is 11.7. The molecule has 0 fully saturated rings. The molecule has 82 valence electrons. The quantitative estimate of drug-likeness (QED) is 0.570. The maximum absolute atomic E-state index is 11.5. The van der Waals surface area contributed by atoms with Crippen LogP contribution in [0.15, 0.2) is 34.7 Å². The summed E-state index contributed by atoms with van der Waals surface area (Å²) in [5.74, 6) is -0.0574. The summed E-state index contributed by atoms with van der Waals surface area (Å²) in [6.45, 7) is 0. The van der Waals surface area contributed by atoms with Crippen LogP contribution >= 0.6 is 0 Å². The van der Waals surface area contributed by atoms with Crippen LogP contribution in [-0.2, 0) is 15.8 Å². The van der Waals surface area contributed by atoms with Gasteiger partial charge in [-0.1, -0.05) is 30.3 Å². The number of hydrogen-bond acceptors (Lipinski definition) is 2. The highest BCUT2D eigenvalue weighted by Crippen LogP contribution is 2.06. The summed E-state index contributed by atoms with van der Waals surface area (Å²) in [6, 6.07) is 8.99. The van der Waals surface area contributed by atoms with E-state index in [4.69, 9.17) is 0 Å². The van der Waals surface area contributed by atoms with E-state index in [2.05, 4.69) is 4.40 Å². The zero-order valence-corrected chi connectivity index (χ0v) is 9.61. The van der Waals surface area contributed by atoms with Gasteiger partial charge in [0.2, 0.25) is 0 Å². The molecule has 0 heterocycles. The lowest BCUT2D eigenvalue weighted by molar-refractivity contribution is 0.594. The summed E-state index contributed by atoms with van der Waals surface area (Å²) in [6.07, 6.45) is 1.29. The number of nitrogens with zero attached hydrogens (tertiary/aromatic N) is 2. The Morgan fingerprint density at radius 3 is 2.40 bits per heavy atom. The van der Waals surface area contributed by atoms with E-state index in [9.17, 15) is 8.42 Å². The smallest absolute Gasteiger partial charge is 0.258 e. The van der Waals surface area contributed by atoms with Gasteiger partial charge in [-0.05, 0) is 5.56 Å². The van der Waals surface area contributed by atoms with Gasteiger partial charge < -0.3 is 4.90 Å². The van der Waals surface area contributed by atoms with Crippen molar-refractivity contribution in [2.75, 3.05) is 14.1 Å². The second-order valence-electron chi connectivity index (χ2n) is 3.40. The summed E-state index contributed by atoms with van der Waals surface area (Å²) in [5.41, 5.74) is 0.744. The van der Waals surface area contributed by atoms with Gasteiger partial charge in [-0.2, -0.15) is 4.40 Å². The van der Waals surface area contributed by atoms with E-state index in [1.54, 1.807) is 43.3 Å². The predicted molar refractivity (Wildman–Crippen MR) is 61.2 cm³/mol. The molecule has 15 heavy (non-hydrogen) atoms. The average molecular weight is 226 g/mol. The molecule has 0 N–H and O–H groups in total. The highest BCUT2D eigenvalue weighted by Gasteiger charge is 2.08. The topological polar surface area (TPSA) is 49.7 Å². The van der Waals surface area contributed by atoms with Crippen molar-refractivity contribution in [1.29, 1.82) is 0 Å². The molecular weight excluding hydrogens is 212 g/mol. The Bertz CT molecular complexity index is 424. The van der Waals surface area contributed by atoms with Crippen molar-refractivity contribution in [2.24, 2.45) is 4.40 Å². The Morgan fingerprint density at radius 1 is 1.27 bits per heavy atom. The van der Waals surface area contributed by atoms with Crippen LogP contribution in [0.25, 0.3) is 0 Å². The van der Waals surface area contributed by atoms with Gasteiger partial charge in [-0.3, -0.25) is 0 Å². The minimum atomic E-state index is -3.40. The Balaban J connectivity index is 2.74. The molecule has 1 aromatic carbocycles. The van der Waals surface area contributed by atoms with Crippen LogP contribution in [0.5, 0.6) is 0 Å². The summed E-state index contributed by atoms with van der Waals surface area (Å²) in [5, 5.41) is 0. The molecule has 0 aliphatic heterocycles. The molecular formula is C10H14N2O2S. The SMILES string of the molecule is CN(C)C=NS(=O)(=O)Cc1ccccc1. The zero-order chi connectivity index (χ0) is 11.3.